The Labute approximate surface area is 132 Å². The summed E-state index contributed by atoms with van der Waals surface area (Å²) in [5.74, 6) is 1.07. The highest BCUT2D eigenvalue weighted by atomic mass is 35.5. The second kappa shape index (κ2) is 9.47. The number of rotatable bonds is 7. The molecular weight excluding hydrogens is 294 g/mol. The maximum atomic E-state index is 11.4. The van der Waals surface area contributed by atoms with E-state index >= 15 is 0 Å². The molecule has 1 unspecified atom stereocenters. The highest BCUT2D eigenvalue weighted by Gasteiger charge is 2.18. The molecular formula is C15H24ClNO4. The number of carbonyl (C=O) groups excluding carboxylic acids is 1. The van der Waals surface area contributed by atoms with Crippen LogP contribution in [0.5, 0.6) is 11.5 Å². The van der Waals surface area contributed by atoms with Gasteiger partial charge < -0.3 is 19.9 Å². The van der Waals surface area contributed by atoms with Crippen LogP contribution in [0.1, 0.15) is 24.5 Å². The zero-order chi connectivity index (χ0) is 15.1. The van der Waals surface area contributed by atoms with E-state index in [9.17, 15) is 4.79 Å². The van der Waals surface area contributed by atoms with E-state index in [0.29, 0.717) is 12.2 Å². The summed E-state index contributed by atoms with van der Waals surface area (Å²) in [6.07, 6.45) is 2.27. The number of hydrogen-bond donors (Lipinski definition) is 1. The highest BCUT2D eigenvalue weighted by Crippen LogP contribution is 2.30. The summed E-state index contributed by atoms with van der Waals surface area (Å²) in [6.45, 7) is 2.10. The van der Waals surface area contributed by atoms with Crippen LogP contribution in [0.25, 0.3) is 0 Å². The molecule has 0 aliphatic heterocycles. The molecule has 6 heteroatoms. The summed E-state index contributed by atoms with van der Waals surface area (Å²) >= 11 is 0. The lowest BCUT2D eigenvalue weighted by atomic mass is 10.0. The molecule has 120 valence electrons. The molecule has 0 aliphatic carbocycles. The van der Waals surface area contributed by atoms with Crippen molar-refractivity contribution in [2.75, 3.05) is 21.3 Å². The van der Waals surface area contributed by atoms with Gasteiger partial charge in [0, 0.05) is 6.42 Å². The lowest BCUT2D eigenvalue weighted by Gasteiger charge is -2.16. The first-order valence-electron chi connectivity index (χ1n) is 6.64. The first-order valence-corrected chi connectivity index (χ1v) is 6.64. The molecule has 0 aliphatic rings. The predicted molar refractivity (Wildman–Crippen MR) is 84.5 cm³/mol. The summed E-state index contributed by atoms with van der Waals surface area (Å²) in [6, 6.07) is 3.12. The third kappa shape index (κ3) is 5.10. The SMILES string of the molecule is CCCc1cc(OC)c(CC(N)C(=O)OC)cc1OC.Cl. The fraction of sp³-hybridized carbons (Fsp3) is 0.533. The van der Waals surface area contributed by atoms with Crippen LogP contribution in [0, 0.1) is 0 Å². The van der Waals surface area contributed by atoms with Crippen molar-refractivity contribution in [2.45, 2.75) is 32.2 Å². The Morgan fingerprint density at radius 1 is 1.14 bits per heavy atom. The van der Waals surface area contributed by atoms with Crippen molar-refractivity contribution in [3.05, 3.63) is 23.3 Å². The maximum absolute atomic E-state index is 11.4. The highest BCUT2D eigenvalue weighted by molar-refractivity contribution is 5.85. The molecule has 0 saturated heterocycles. The Balaban J connectivity index is 0.00000400. The van der Waals surface area contributed by atoms with E-state index in [0.717, 1.165) is 29.7 Å². The zero-order valence-corrected chi connectivity index (χ0v) is 13.8. The van der Waals surface area contributed by atoms with Gasteiger partial charge in [0.2, 0.25) is 0 Å². The van der Waals surface area contributed by atoms with Gasteiger partial charge in [0.1, 0.15) is 17.5 Å². The molecule has 0 aromatic heterocycles. The van der Waals surface area contributed by atoms with Gasteiger partial charge in [0.05, 0.1) is 21.3 Å². The third-order valence-corrected chi connectivity index (χ3v) is 3.15. The summed E-state index contributed by atoms with van der Waals surface area (Å²) in [5, 5.41) is 0. The van der Waals surface area contributed by atoms with Crippen molar-refractivity contribution in [1.29, 1.82) is 0 Å². The first-order chi connectivity index (χ1) is 9.57. The smallest absolute Gasteiger partial charge is 0.322 e. The topological polar surface area (TPSA) is 70.8 Å². The third-order valence-electron chi connectivity index (χ3n) is 3.15. The molecule has 2 N–H and O–H groups in total. The predicted octanol–water partition coefficient (Wildman–Crippen LogP) is 2.12. The van der Waals surface area contributed by atoms with E-state index in [1.807, 2.05) is 12.1 Å². The Morgan fingerprint density at radius 3 is 2.14 bits per heavy atom. The minimum absolute atomic E-state index is 0. The van der Waals surface area contributed by atoms with Gasteiger partial charge in [-0.05, 0) is 29.7 Å². The van der Waals surface area contributed by atoms with E-state index in [4.69, 9.17) is 15.2 Å². The van der Waals surface area contributed by atoms with E-state index < -0.39 is 12.0 Å². The Hall–Kier alpha value is -1.46. The van der Waals surface area contributed by atoms with E-state index in [1.54, 1.807) is 14.2 Å². The second-order valence-electron chi connectivity index (χ2n) is 4.56. The van der Waals surface area contributed by atoms with Crippen LogP contribution in [-0.2, 0) is 22.4 Å². The first kappa shape index (κ1) is 19.5. The minimum atomic E-state index is -0.712. The number of hydrogen-bond acceptors (Lipinski definition) is 5. The summed E-state index contributed by atoms with van der Waals surface area (Å²) in [7, 11) is 4.56. The van der Waals surface area contributed by atoms with Gasteiger partial charge in [-0.1, -0.05) is 13.3 Å². The van der Waals surface area contributed by atoms with Crippen molar-refractivity contribution in [3.8, 4) is 11.5 Å². The largest absolute Gasteiger partial charge is 0.496 e. The summed E-state index contributed by atoms with van der Waals surface area (Å²) in [4.78, 5) is 11.4. The molecule has 0 bridgehead atoms. The lowest BCUT2D eigenvalue weighted by molar-refractivity contribution is -0.142. The number of nitrogens with two attached hydrogens (primary N) is 1. The molecule has 21 heavy (non-hydrogen) atoms. The quantitative estimate of drug-likeness (QED) is 0.780. The number of aryl methyl sites for hydroxylation is 1. The van der Waals surface area contributed by atoms with Gasteiger partial charge in [-0.2, -0.15) is 0 Å². The zero-order valence-electron chi connectivity index (χ0n) is 13.0. The lowest BCUT2D eigenvalue weighted by Crippen LogP contribution is -2.33. The van der Waals surface area contributed by atoms with Crippen LogP contribution in [-0.4, -0.2) is 33.3 Å². The second-order valence-corrected chi connectivity index (χ2v) is 4.56. The van der Waals surface area contributed by atoms with Gasteiger partial charge in [-0.3, -0.25) is 4.79 Å². The molecule has 1 atom stereocenters. The van der Waals surface area contributed by atoms with Gasteiger partial charge >= 0.3 is 5.97 Å². The van der Waals surface area contributed by atoms with Crippen molar-refractivity contribution in [3.63, 3.8) is 0 Å². The van der Waals surface area contributed by atoms with Gasteiger partial charge in [-0.25, -0.2) is 0 Å². The monoisotopic (exact) mass is 317 g/mol. The van der Waals surface area contributed by atoms with E-state index in [2.05, 4.69) is 11.7 Å². The molecule has 5 nitrogen and oxygen atoms in total. The normalized spacial score (nSPS) is 11.3. The minimum Gasteiger partial charge on any atom is -0.496 e. The van der Waals surface area contributed by atoms with Crippen molar-refractivity contribution in [1.82, 2.24) is 0 Å². The van der Waals surface area contributed by atoms with Crippen LogP contribution in [0.2, 0.25) is 0 Å². The van der Waals surface area contributed by atoms with Gasteiger partial charge in [0.15, 0.2) is 0 Å². The van der Waals surface area contributed by atoms with Crippen molar-refractivity contribution >= 4 is 18.4 Å². The average Bonchev–Trinajstić information content (AvgIpc) is 2.47. The summed E-state index contributed by atoms with van der Waals surface area (Å²) in [5.41, 5.74) is 7.72. The molecule has 0 radical (unpaired) electrons. The molecule has 1 rings (SSSR count). The number of ether oxygens (including phenoxy) is 3. The van der Waals surface area contributed by atoms with Crippen molar-refractivity contribution in [2.24, 2.45) is 5.73 Å². The Morgan fingerprint density at radius 2 is 1.67 bits per heavy atom. The molecule has 0 heterocycles. The fourth-order valence-electron chi connectivity index (χ4n) is 2.12. The molecule has 0 amide bonds. The number of methoxy groups -OCH3 is 3. The van der Waals surface area contributed by atoms with E-state index in [-0.39, 0.29) is 12.4 Å². The number of halogens is 1. The molecule has 0 saturated carbocycles. The van der Waals surface area contributed by atoms with Crippen LogP contribution >= 0.6 is 12.4 Å². The number of carbonyl (C=O) groups is 1. The molecule has 0 spiro atoms. The number of benzene rings is 1. The fourth-order valence-corrected chi connectivity index (χ4v) is 2.12. The van der Waals surface area contributed by atoms with Gasteiger partial charge in [0.25, 0.3) is 0 Å². The van der Waals surface area contributed by atoms with Crippen LogP contribution in [0.3, 0.4) is 0 Å². The maximum Gasteiger partial charge on any atom is 0.322 e. The van der Waals surface area contributed by atoms with Gasteiger partial charge in [-0.15, -0.1) is 12.4 Å². The van der Waals surface area contributed by atoms with Crippen molar-refractivity contribution < 1.29 is 19.0 Å². The molecule has 1 aromatic carbocycles. The standard InChI is InChI=1S/C15H23NO4.ClH/c1-5-6-10-8-14(19-3)11(9-13(10)18-2)7-12(16)15(17)20-4;/h8-9,12H,5-7,16H2,1-4H3;1H. The van der Waals surface area contributed by atoms with Crippen LogP contribution in [0.15, 0.2) is 12.1 Å². The molecule has 0 fully saturated rings. The van der Waals surface area contributed by atoms with Crippen LogP contribution in [0.4, 0.5) is 0 Å². The average molecular weight is 318 g/mol. The van der Waals surface area contributed by atoms with Crippen LogP contribution < -0.4 is 15.2 Å². The Bertz CT molecular complexity index is 465. The Kier molecular flexibility index (Phi) is 8.81. The summed E-state index contributed by atoms with van der Waals surface area (Å²) < 4.78 is 15.4. The number of esters is 1. The van der Waals surface area contributed by atoms with E-state index in [1.165, 1.54) is 7.11 Å². The molecule has 1 aromatic rings.